The Balaban J connectivity index is 3.79. The molecule has 1 aliphatic rings. The van der Waals surface area contributed by atoms with Crippen molar-refractivity contribution in [2.45, 2.75) is 70.3 Å². The van der Waals surface area contributed by atoms with Gasteiger partial charge in [0.25, 0.3) is 5.79 Å². The molecule has 0 aromatic rings. The summed E-state index contributed by atoms with van der Waals surface area (Å²) in [4.78, 5) is 62.2. The molecule has 0 aliphatic carbocycles. The van der Waals surface area contributed by atoms with Gasteiger partial charge >= 0.3 is 23.9 Å². The van der Waals surface area contributed by atoms with Gasteiger partial charge in [0.05, 0.1) is 13.2 Å². The SMILES string of the molecule is C=CCN(CC=C)[C@H]1C[C@@](O)(C(=O)OC)O[C@@H]([C@H](OC(C)=O)[C@@H](COC(C)=O)OC(C)=O)[C@@H]1NC(C)=O. The molecule has 1 saturated heterocycles. The standard InChI is InChI=1S/C24H36N2O11/c1-8-10-26(11-9-2)18-12-24(32,23(31)33-7)37-22(20(18)25-14(3)27)21(36-17(6)30)19(35-16(5)29)13-34-15(4)28/h8-9,18-22,32H,1-2,10-13H2,3-7H3,(H,25,27)/t18-,19+,20+,21+,22+,24-/m0/s1. The molecule has 13 heteroatoms. The summed E-state index contributed by atoms with van der Waals surface area (Å²) >= 11 is 0. The zero-order chi connectivity index (χ0) is 28.3. The molecule has 1 rings (SSSR count). The second kappa shape index (κ2) is 14.4. The van der Waals surface area contributed by atoms with E-state index in [0.29, 0.717) is 0 Å². The highest BCUT2D eigenvalue weighted by molar-refractivity contribution is 5.78. The number of esters is 4. The van der Waals surface area contributed by atoms with Crippen LogP contribution in [-0.4, -0.2) is 103 Å². The molecule has 1 aliphatic heterocycles. The summed E-state index contributed by atoms with van der Waals surface area (Å²) in [5, 5.41) is 14.0. The van der Waals surface area contributed by atoms with E-state index < -0.39 is 72.6 Å². The molecule has 0 spiro atoms. The Labute approximate surface area is 215 Å². The molecule has 37 heavy (non-hydrogen) atoms. The van der Waals surface area contributed by atoms with Crippen molar-refractivity contribution in [3.05, 3.63) is 25.3 Å². The Morgan fingerprint density at radius 3 is 2.05 bits per heavy atom. The molecule has 6 atom stereocenters. The topological polar surface area (TPSA) is 167 Å². The molecule has 0 bridgehead atoms. The Morgan fingerprint density at radius 2 is 1.62 bits per heavy atom. The van der Waals surface area contributed by atoms with Gasteiger partial charge in [-0.15, -0.1) is 13.2 Å². The maximum absolute atomic E-state index is 12.6. The number of nitrogens with zero attached hydrogens (tertiary/aromatic N) is 1. The van der Waals surface area contributed by atoms with Crippen LogP contribution in [0.15, 0.2) is 25.3 Å². The lowest BCUT2D eigenvalue weighted by Gasteiger charge is -2.50. The number of nitrogens with one attached hydrogen (secondary N) is 1. The summed E-state index contributed by atoms with van der Waals surface area (Å²) < 4.78 is 26.3. The number of hydrogen-bond donors (Lipinski definition) is 2. The predicted molar refractivity (Wildman–Crippen MR) is 128 cm³/mol. The Hall–Kier alpha value is -3.29. The Morgan fingerprint density at radius 1 is 1.05 bits per heavy atom. The van der Waals surface area contributed by atoms with E-state index in [2.05, 4.69) is 18.5 Å². The maximum Gasteiger partial charge on any atom is 0.366 e. The molecule has 0 aromatic carbocycles. The number of ether oxygens (including phenoxy) is 5. The van der Waals surface area contributed by atoms with Gasteiger partial charge in [-0.1, -0.05) is 12.2 Å². The highest BCUT2D eigenvalue weighted by Gasteiger charge is 2.57. The summed E-state index contributed by atoms with van der Waals surface area (Å²) in [6, 6.07) is -1.87. The van der Waals surface area contributed by atoms with Crippen LogP contribution in [0.1, 0.15) is 34.1 Å². The van der Waals surface area contributed by atoms with E-state index in [9.17, 15) is 29.1 Å². The molecule has 1 amide bonds. The van der Waals surface area contributed by atoms with Crippen LogP contribution in [0, 0.1) is 0 Å². The van der Waals surface area contributed by atoms with Crippen LogP contribution in [0.5, 0.6) is 0 Å². The number of hydrogen-bond acceptors (Lipinski definition) is 12. The van der Waals surface area contributed by atoms with Crippen LogP contribution in [0.2, 0.25) is 0 Å². The Bertz CT molecular complexity index is 867. The molecule has 0 radical (unpaired) electrons. The van der Waals surface area contributed by atoms with Gasteiger partial charge in [-0.05, 0) is 0 Å². The van der Waals surface area contributed by atoms with Gasteiger partial charge in [-0.2, -0.15) is 0 Å². The highest BCUT2D eigenvalue weighted by Crippen LogP contribution is 2.35. The fraction of sp³-hybridized carbons (Fsp3) is 0.625. The van der Waals surface area contributed by atoms with Crippen molar-refractivity contribution in [1.29, 1.82) is 0 Å². The minimum atomic E-state index is -2.56. The third-order valence-corrected chi connectivity index (χ3v) is 5.42. The van der Waals surface area contributed by atoms with Crippen molar-refractivity contribution < 1.29 is 52.8 Å². The van der Waals surface area contributed by atoms with E-state index in [0.717, 1.165) is 27.9 Å². The molecule has 1 fully saturated rings. The second-order valence-electron chi connectivity index (χ2n) is 8.41. The van der Waals surface area contributed by atoms with Crippen molar-refractivity contribution in [2.24, 2.45) is 0 Å². The maximum atomic E-state index is 12.6. The Kier molecular flexibility index (Phi) is 12.4. The molecular formula is C24H36N2O11. The van der Waals surface area contributed by atoms with Crippen LogP contribution < -0.4 is 5.32 Å². The van der Waals surface area contributed by atoms with Gasteiger partial charge in [0.15, 0.2) is 12.2 Å². The van der Waals surface area contributed by atoms with Gasteiger partial charge in [0.2, 0.25) is 5.91 Å². The molecule has 2 N–H and O–H groups in total. The normalized spacial score (nSPS) is 24.7. The monoisotopic (exact) mass is 528 g/mol. The van der Waals surface area contributed by atoms with Crippen LogP contribution in [0.25, 0.3) is 0 Å². The van der Waals surface area contributed by atoms with E-state index >= 15 is 0 Å². The van der Waals surface area contributed by atoms with Crippen LogP contribution >= 0.6 is 0 Å². The third kappa shape index (κ3) is 9.26. The van der Waals surface area contributed by atoms with E-state index in [1.54, 1.807) is 17.1 Å². The first-order chi connectivity index (χ1) is 17.3. The number of methoxy groups -OCH3 is 1. The van der Waals surface area contributed by atoms with Crippen molar-refractivity contribution in [3.8, 4) is 0 Å². The van der Waals surface area contributed by atoms with Gasteiger partial charge in [0, 0.05) is 53.2 Å². The van der Waals surface area contributed by atoms with Gasteiger partial charge in [-0.3, -0.25) is 24.1 Å². The zero-order valence-corrected chi connectivity index (χ0v) is 21.8. The summed E-state index contributed by atoms with van der Waals surface area (Å²) in [7, 11) is 1.05. The fourth-order valence-corrected chi connectivity index (χ4v) is 4.14. The molecule has 13 nitrogen and oxygen atoms in total. The largest absolute Gasteiger partial charge is 0.465 e. The van der Waals surface area contributed by atoms with Gasteiger partial charge in [-0.25, -0.2) is 4.79 Å². The smallest absolute Gasteiger partial charge is 0.366 e. The van der Waals surface area contributed by atoms with Gasteiger partial charge in [0.1, 0.15) is 12.7 Å². The number of rotatable bonds is 13. The first kappa shape index (κ1) is 31.7. The molecule has 0 saturated carbocycles. The van der Waals surface area contributed by atoms with E-state index in [1.807, 2.05) is 0 Å². The number of amides is 1. The summed E-state index contributed by atoms with van der Waals surface area (Å²) in [5.74, 6) is -6.57. The first-order valence-electron chi connectivity index (χ1n) is 11.5. The lowest BCUT2D eigenvalue weighted by molar-refractivity contribution is -0.292. The van der Waals surface area contributed by atoms with Crippen molar-refractivity contribution in [3.63, 3.8) is 0 Å². The summed E-state index contributed by atoms with van der Waals surface area (Å²) in [6.45, 7) is 11.9. The predicted octanol–water partition coefficient (Wildman–Crippen LogP) is -0.389. The molecule has 0 unspecified atom stereocenters. The number of carbonyl (C=O) groups excluding carboxylic acids is 5. The minimum Gasteiger partial charge on any atom is -0.465 e. The van der Waals surface area contributed by atoms with Crippen molar-refractivity contribution >= 4 is 29.8 Å². The van der Waals surface area contributed by atoms with E-state index in [-0.39, 0.29) is 19.5 Å². The lowest BCUT2D eigenvalue weighted by Crippen LogP contribution is -2.71. The first-order valence-corrected chi connectivity index (χ1v) is 11.5. The lowest BCUT2D eigenvalue weighted by atomic mass is 9.85. The van der Waals surface area contributed by atoms with E-state index in [1.165, 1.54) is 6.92 Å². The second-order valence-corrected chi connectivity index (χ2v) is 8.41. The van der Waals surface area contributed by atoms with Crippen LogP contribution in [-0.2, 0) is 47.7 Å². The molecular weight excluding hydrogens is 492 g/mol. The van der Waals surface area contributed by atoms with E-state index in [4.69, 9.17) is 23.7 Å². The molecule has 208 valence electrons. The zero-order valence-electron chi connectivity index (χ0n) is 21.8. The number of carbonyl (C=O) groups is 5. The average molecular weight is 529 g/mol. The fourth-order valence-electron chi connectivity index (χ4n) is 4.14. The third-order valence-electron chi connectivity index (χ3n) is 5.42. The summed E-state index contributed by atoms with van der Waals surface area (Å²) in [6.07, 6.45) is -1.69. The van der Waals surface area contributed by atoms with Crippen LogP contribution in [0.4, 0.5) is 0 Å². The number of aliphatic hydroxyl groups is 1. The minimum absolute atomic E-state index is 0.246. The van der Waals surface area contributed by atoms with Gasteiger partial charge < -0.3 is 34.1 Å². The quantitative estimate of drug-likeness (QED) is 0.181. The summed E-state index contributed by atoms with van der Waals surface area (Å²) in [5.41, 5.74) is 0. The highest BCUT2D eigenvalue weighted by atomic mass is 16.7. The van der Waals surface area contributed by atoms with Crippen molar-refractivity contribution in [2.75, 3.05) is 26.8 Å². The average Bonchev–Trinajstić information content (AvgIpc) is 2.80. The molecule has 0 aromatic heterocycles. The molecule has 1 heterocycles. The van der Waals surface area contributed by atoms with Crippen molar-refractivity contribution in [1.82, 2.24) is 10.2 Å². The van der Waals surface area contributed by atoms with Crippen LogP contribution in [0.3, 0.4) is 0 Å².